The molecule has 17 heavy (non-hydrogen) atoms. The monoisotopic (exact) mass is 236 g/mol. The number of aliphatic hydroxyl groups is 1. The largest absolute Gasteiger partial charge is 0.497 e. The van der Waals surface area contributed by atoms with Crippen molar-refractivity contribution in [1.29, 1.82) is 0 Å². The molecule has 0 amide bonds. The number of esters is 1. The second kappa shape index (κ2) is 6.70. The van der Waals surface area contributed by atoms with Gasteiger partial charge in [-0.1, -0.05) is 24.3 Å². The molecule has 1 rings (SSSR count). The van der Waals surface area contributed by atoms with Crippen LogP contribution in [-0.4, -0.2) is 31.9 Å². The number of hydrogen-bond acceptors (Lipinski definition) is 4. The van der Waals surface area contributed by atoms with Gasteiger partial charge in [-0.3, -0.25) is 4.79 Å². The van der Waals surface area contributed by atoms with Crippen molar-refractivity contribution in [3.63, 3.8) is 0 Å². The van der Waals surface area contributed by atoms with Crippen molar-refractivity contribution in [2.75, 3.05) is 20.8 Å². The molecule has 4 heteroatoms. The highest BCUT2D eigenvalue weighted by atomic mass is 16.5. The maximum atomic E-state index is 11.6. The number of methoxy groups -OCH3 is 2. The van der Waals surface area contributed by atoms with Crippen molar-refractivity contribution >= 4 is 5.97 Å². The Morgan fingerprint density at radius 2 is 2.00 bits per heavy atom. The summed E-state index contributed by atoms with van der Waals surface area (Å²) >= 11 is 0. The van der Waals surface area contributed by atoms with Gasteiger partial charge < -0.3 is 14.6 Å². The maximum Gasteiger partial charge on any atom is 0.317 e. The van der Waals surface area contributed by atoms with Crippen LogP contribution in [0, 0.1) is 0 Å². The molecule has 0 saturated carbocycles. The summed E-state index contributed by atoms with van der Waals surface area (Å²) in [5, 5.41) is 8.74. The third-order valence-electron chi connectivity index (χ3n) is 2.36. The molecular formula is C13H16O4. The lowest BCUT2D eigenvalue weighted by molar-refractivity contribution is -0.141. The summed E-state index contributed by atoms with van der Waals surface area (Å²) in [5.41, 5.74) is 0.794. The first kappa shape index (κ1) is 13.3. The lowest BCUT2D eigenvalue weighted by Gasteiger charge is -2.11. The van der Waals surface area contributed by atoms with Crippen LogP contribution >= 0.6 is 0 Å². The Bertz CT molecular complexity index is 381. The Balaban J connectivity index is 2.95. The van der Waals surface area contributed by atoms with E-state index < -0.39 is 5.92 Å². The summed E-state index contributed by atoms with van der Waals surface area (Å²) in [4.78, 5) is 11.6. The van der Waals surface area contributed by atoms with E-state index in [0.29, 0.717) is 0 Å². The average molecular weight is 236 g/mol. The normalized spacial score (nSPS) is 12.4. The second-order valence-electron chi connectivity index (χ2n) is 3.38. The van der Waals surface area contributed by atoms with Crippen LogP contribution in [0.25, 0.3) is 0 Å². The number of carbonyl (C=O) groups is 1. The predicted octanol–water partition coefficient (Wildman–Crippen LogP) is 1.50. The van der Waals surface area contributed by atoms with Gasteiger partial charge >= 0.3 is 5.97 Å². The van der Waals surface area contributed by atoms with Gasteiger partial charge in [0.2, 0.25) is 0 Å². The molecule has 0 aromatic heterocycles. The standard InChI is InChI=1S/C13H16O4/c1-16-11-7-5-10(6-8-11)12(4-3-9-14)13(15)17-2/h3-8,12,14H,9H2,1-2H3/b4-3+. The molecule has 0 aliphatic heterocycles. The number of ether oxygens (including phenoxy) is 2. The van der Waals surface area contributed by atoms with Crippen molar-refractivity contribution in [2.24, 2.45) is 0 Å². The summed E-state index contributed by atoms with van der Waals surface area (Å²) in [6.45, 7) is -0.107. The van der Waals surface area contributed by atoms with Crippen LogP contribution in [0.4, 0.5) is 0 Å². The van der Waals surface area contributed by atoms with Crippen LogP contribution in [0.1, 0.15) is 11.5 Å². The Morgan fingerprint density at radius 3 is 2.47 bits per heavy atom. The van der Waals surface area contributed by atoms with E-state index in [4.69, 9.17) is 14.6 Å². The van der Waals surface area contributed by atoms with E-state index in [1.165, 1.54) is 13.2 Å². The third-order valence-corrected chi connectivity index (χ3v) is 2.36. The Hall–Kier alpha value is -1.81. The summed E-state index contributed by atoms with van der Waals surface area (Å²) in [6.07, 6.45) is 3.14. The van der Waals surface area contributed by atoms with Gasteiger partial charge in [0.15, 0.2) is 0 Å². The van der Waals surface area contributed by atoms with Crippen LogP contribution in [0.2, 0.25) is 0 Å². The minimum absolute atomic E-state index is 0.107. The van der Waals surface area contributed by atoms with Crippen LogP contribution in [0.3, 0.4) is 0 Å². The van der Waals surface area contributed by atoms with Crippen LogP contribution in [0.5, 0.6) is 5.75 Å². The van der Waals surface area contributed by atoms with Gasteiger partial charge in [-0.25, -0.2) is 0 Å². The summed E-state index contributed by atoms with van der Waals surface area (Å²) < 4.78 is 9.76. The molecule has 1 unspecified atom stereocenters. The molecule has 0 aliphatic rings. The molecule has 4 nitrogen and oxygen atoms in total. The van der Waals surface area contributed by atoms with E-state index in [-0.39, 0.29) is 12.6 Å². The van der Waals surface area contributed by atoms with Crippen LogP contribution in [0.15, 0.2) is 36.4 Å². The molecule has 1 atom stereocenters. The zero-order valence-corrected chi connectivity index (χ0v) is 9.92. The lowest BCUT2D eigenvalue weighted by atomic mass is 9.98. The first-order valence-corrected chi connectivity index (χ1v) is 5.22. The van der Waals surface area contributed by atoms with Crippen LogP contribution in [-0.2, 0) is 9.53 Å². The van der Waals surface area contributed by atoms with Gasteiger partial charge in [-0.2, -0.15) is 0 Å². The van der Waals surface area contributed by atoms with Gasteiger partial charge in [-0.05, 0) is 17.7 Å². The van der Waals surface area contributed by atoms with Crippen molar-refractivity contribution in [3.05, 3.63) is 42.0 Å². The van der Waals surface area contributed by atoms with Crippen molar-refractivity contribution < 1.29 is 19.4 Å². The fourth-order valence-electron chi connectivity index (χ4n) is 1.46. The van der Waals surface area contributed by atoms with E-state index in [2.05, 4.69) is 0 Å². The molecule has 1 N–H and O–H groups in total. The van der Waals surface area contributed by atoms with Crippen molar-refractivity contribution in [2.45, 2.75) is 5.92 Å². The first-order chi connectivity index (χ1) is 8.22. The fourth-order valence-corrected chi connectivity index (χ4v) is 1.46. The highest BCUT2D eigenvalue weighted by Crippen LogP contribution is 2.21. The first-order valence-electron chi connectivity index (χ1n) is 5.22. The third kappa shape index (κ3) is 3.60. The number of aliphatic hydroxyl groups excluding tert-OH is 1. The summed E-state index contributed by atoms with van der Waals surface area (Å²) in [5.74, 6) is -0.138. The topological polar surface area (TPSA) is 55.8 Å². The SMILES string of the molecule is COC(=O)C(/C=C/CO)c1ccc(OC)cc1. The summed E-state index contributed by atoms with van der Waals surface area (Å²) in [6, 6.07) is 7.14. The molecular weight excluding hydrogens is 220 g/mol. The van der Waals surface area contributed by atoms with E-state index in [1.54, 1.807) is 37.5 Å². The Morgan fingerprint density at radius 1 is 1.35 bits per heavy atom. The van der Waals surface area contributed by atoms with E-state index >= 15 is 0 Å². The molecule has 1 aromatic rings. The molecule has 0 radical (unpaired) electrons. The van der Waals surface area contributed by atoms with Crippen molar-refractivity contribution in [3.8, 4) is 5.75 Å². The number of carbonyl (C=O) groups excluding carboxylic acids is 1. The quantitative estimate of drug-likeness (QED) is 0.621. The minimum atomic E-state index is -0.502. The Labute approximate surface area is 100 Å². The van der Waals surface area contributed by atoms with Crippen molar-refractivity contribution in [1.82, 2.24) is 0 Å². The van der Waals surface area contributed by atoms with Gasteiger partial charge in [0.25, 0.3) is 0 Å². The molecule has 0 saturated heterocycles. The highest BCUT2D eigenvalue weighted by Gasteiger charge is 2.17. The molecule has 92 valence electrons. The van der Waals surface area contributed by atoms with Gasteiger partial charge in [0.05, 0.1) is 26.7 Å². The number of rotatable bonds is 5. The lowest BCUT2D eigenvalue weighted by Crippen LogP contribution is -2.12. The van der Waals surface area contributed by atoms with Gasteiger partial charge in [0.1, 0.15) is 5.75 Å². The molecule has 0 heterocycles. The zero-order valence-electron chi connectivity index (χ0n) is 9.92. The number of hydrogen-bond donors (Lipinski definition) is 1. The molecule has 1 aromatic carbocycles. The predicted molar refractivity (Wildman–Crippen MR) is 64.0 cm³/mol. The maximum absolute atomic E-state index is 11.6. The molecule has 0 aliphatic carbocycles. The smallest absolute Gasteiger partial charge is 0.317 e. The Kier molecular flexibility index (Phi) is 5.23. The second-order valence-corrected chi connectivity index (χ2v) is 3.38. The fraction of sp³-hybridized carbons (Fsp3) is 0.308. The molecule has 0 bridgehead atoms. The molecule has 0 spiro atoms. The molecule has 0 fully saturated rings. The van der Waals surface area contributed by atoms with Crippen LogP contribution < -0.4 is 4.74 Å². The summed E-state index contributed by atoms with van der Waals surface area (Å²) in [7, 11) is 2.92. The van der Waals surface area contributed by atoms with E-state index in [0.717, 1.165) is 11.3 Å². The highest BCUT2D eigenvalue weighted by molar-refractivity contribution is 5.80. The minimum Gasteiger partial charge on any atom is -0.497 e. The zero-order chi connectivity index (χ0) is 12.7. The van der Waals surface area contributed by atoms with E-state index in [9.17, 15) is 4.79 Å². The van der Waals surface area contributed by atoms with Gasteiger partial charge in [-0.15, -0.1) is 0 Å². The average Bonchev–Trinajstić information content (AvgIpc) is 2.39. The van der Waals surface area contributed by atoms with Gasteiger partial charge in [0, 0.05) is 0 Å². The van der Waals surface area contributed by atoms with E-state index in [1.807, 2.05) is 0 Å². The number of benzene rings is 1.